The number of hydrogen-bond acceptors (Lipinski definition) is 5. The topological polar surface area (TPSA) is 57.2 Å². The van der Waals surface area contributed by atoms with Crippen molar-refractivity contribution < 1.29 is 23.7 Å². The van der Waals surface area contributed by atoms with E-state index in [9.17, 15) is 5.11 Å². The summed E-state index contributed by atoms with van der Waals surface area (Å²) in [7, 11) is -2.03. The predicted molar refractivity (Wildman–Crippen MR) is 170 cm³/mol. The van der Waals surface area contributed by atoms with Crippen LogP contribution in [0.2, 0.25) is 18.1 Å². The van der Waals surface area contributed by atoms with Crippen molar-refractivity contribution in [3.63, 3.8) is 0 Å². The molecular formula is C35H52O5Si. The third-order valence-electron chi connectivity index (χ3n) is 8.28. The summed E-state index contributed by atoms with van der Waals surface area (Å²) in [6.45, 7) is 16.2. The van der Waals surface area contributed by atoms with Gasteiger partial charge in [-0.3, -0.25) is 0 Å². The van der Waals surface area contributed by atoms with E-state index < -0.39 is 8.32 Å². The van der Waals surface area contributed by atoms with Gasteiger partial charge in [0.15, 0.2) is 8.32 Å². The Balaban J connectivity index is 1.55. The molecule has 0 amide bonds. The number of ether oxygens (including phenoxy) is 3. The molecule has 0 radical (unpaired) electrons. The molecule has 1 N–H and O–H groups in total. The first-order valence-electron chi connectivity index (χ1n) is 15.1. The fourth-order valence-corrected chi connectivity index (χ4v) is 6.15. The Morgan fingerprint density at radius 1 is 0.878 bits per heavy atom. The van der Waals surface area contributed by atoms with Crippen LogP contribution in [0.25, 0.3) is 0 Å². The minimum atomic E-state index is -2.03. The van der Waals surface area contributed by atoms with Gasteiger partial charge >= 0.3 is 0 Å². The molecule has 1 fully saturated rings. The van der Waals surface area contributed by atoms with Gasteiger partial charge in [0.05, 0.1) is 51.3 Å². The van der Waals surface area contributed by atoms with Gasteiger partial charge in [-0.1, -0.05) is 106 Å². The third-order valence-corrected chi connectivity index (χ3v) is 12.7. The van der Waals surface area contributed by atoms with E-state index in [4.69, 9.17) is 18.6 Å². The van der Waals surface area contributed by atoms with Crippen LogP contribution in [-0.2, 0) is 31.9 Å². The van der Waals surface area contributed by atoms with Gasteiger partial charge in [-0.15, -0.1) is 0 Å². The Kier molecular flexibility index (Phi) is 13.5. The van der Waals surface area contributed by atoms with Crippen molar-refractivity contribution >= 4 is 8.32 Å². The van der Waals surface area contributed by atoms with Crippen LogP contribution in [0.4, 0.5) is 0 Å². The number of hydrogen-bond donors (Lipinski definition) is 1. The second-order valence-corrected chi connectivity index (χ2v) is 17.6. The summed E-state index contributed by atoms with van der Waals surface area (Å²) in [5.74, 6) is 0.430. The Bertz CT molecular complexity index is 1050. The summed E-state index contributed by atoms with van der Waals surface area (Å²) >= 11 is 0. The van der Waals surface area contributed by atoms with Crippen molar-refractivity contribution in [2.75, 3.05) is 19.8 Å². The minimum Gasteiger partial charge on any atom is -0.410 e. The maximum Gasteiger partial charge on any atom is 0.192 e. The van der Waals surface area contributed by atoms with Crippen molar-refractivity contribution in [3.8, 4) is 0 Å². The smallest absolute Gasteiger partial charge is 0.192 e. The van der Waals surface area contributed by atoms with Gasteiger partial charge in [0.1, 0.15) is 0 Å². The Morgan fingerprint density at radius 2 is 1.49 bits per heavy atom. The number of rotatable bonds is 16. The minimum absolute atomic E-state index is 0.0151. The highest BCUT2D eigenvalue weighted by Crippen LogP contribution is 2.42. The van der Waals surface area contributed by atoms with E-state index >= 15 is 0 Å². The van der Waals surface area contributed by atoms with Gasteiger partial charge in [0.2, 0.25) is 0 Å². The second kappa shape index (κ2) is 16.5. The molecule has 0 saturated heterocycles. The molecule has 3 rings (SSSR count). The van der Waals surface area contributed by atoms with Crippen LogP contribution in [0.15, 0.2) is 85.0 Å². The standard InChI is InChI=1S/C35H52O5Si/c1-28(39-27-30-17-11-8-12-18-30)25-37-21-13-19-31-23-32(36)24-33(31)34(40-41(5,6)35(2,3)4)20-14-22-38-26-29-15-9-7-10-16-29/h7-20,28,31-34,36H,21-27H2,1-6H3/b19-13+,20-14+/t28-,31+,32-,33+,34+/m0/s1. The summed E-state index contributed by atoms with van der Waals surface area (Å²) in [6.07, 6.45) is 9.67. The molecule has 5 nitrogen and oxygen atoms in total. The van der Waals surface area contributed by atoms with Crippen LogP contribution < -0.4 is 0 Å². The lowest BCUT2D eigenvalue weighted by molar-refractivity contribution is -0.00820. The molecule has 6 heteroatoms. The molecule has 0 unspecified atom stereocenters. The number of benzene rings is 2. The molecule has 0 heterocycles. The molecule has 5 atom stereocenters. The van der Waals surface area contributed by atoms with Gasteiger partial charge < -0.3 is 23.7 Å². The lowest BCUT2D eigenvalue weighted by Crippen LogP contribution is -2.45. The van der Waals surface area contributed by atoms with E-state index in [1.54, 1.807) is 0 Å². The summed E-state index contributed by atoms with van der Waals surface area (Å²) in [5, 5.41) is 10.8. The van der Waals surface area contributed by atoms with E-state index in [1.807, 2.05) is 43.3 Å². The highest BCUT2D eigenvalue weighted by molar-refractivity contribution is 6.74. The van der Waals surface area contributed by atoms with Gasteiger partial charge in [-0.2, -0.15) is 0 Å². The summed E-state index contributed by atoms with van der Waals surface area (Å²) in [4.78, 5) is 0. The number of allylic oxidation sites excluding steroid dienone is 1. The molecule has 1 saturated carbocycles. The first-order valence-corrected chi connectivity index (χ1v) is 18.0. The zero-order chi connectivity index (χ0) is 29.7. The van der Waals surface area contributed by atoms with Crippen LogP contribution >= 0.6 is 0 Å². The van der Waals surface area contributed by atoms with Crippen LogP contribution in [0, 0.1) is 11.8 Å². The largest absolute Gasteiger partial charge is 0.410 e. The van der Waals surface area contributed by atoms with Crippen LogP contribution in [0.5, 0.6) is 0 Å². The molecule has 1 aliphatic carbocycles. The molecule has 41 heavy (non-hydrogen) atoms. The SMILES string of the molecule is C[C@@H](COC/C=C/[C@@H]1C[C@H](O)C[C@H]1[C@@H](/C=C/COCc1ccccc1)O[Si](C)(C)C(C)(C)C)OCc1ccccc1. The Labute approximate surface area is 249 Å². The van der Waals surface area contributed by atoms with E-state index in [1.165, 1.54) is 5.56 Å². The zero-order valence-corrected chi connectivity index (χ0v) is 27.0. The molecular weight excluding hydrogens is 528 g/mol. The van der Waals surface area contributed by atoms with Crippen LogP contribution in [0.3, 0.4) is 0 Å². The average Bonchev–Trinajstić information content (AvgIpc) is 3.31. The van der Waals surface area contributed by atoms with Gasteiger partial charge in [0, 0.05) is 0 Å². The maximum atomic E-state index is 10.7. The lowest BCUT2D eigenvalue weighted by atomic mass is 9.90. The molecule has 226 valence electrons. The lowest BCUT2D eigenvalue weighted by Gasteiger charge is -2.41. The highest BCUT2D eigenvalue weighted by Gasteiger charge is 2.43. The molecule has 2 aromatic rings. The summed E-state index contributed by atoms with van der Waals surface area (Å²) in [5.41, 5.74) is 2.33. The number of aliphatic hydroxyl groups excluding tert-OH is 1. The molecule has 1 aliphatic rings. The molecule has 0 aromatic heterocycles. The Morgan fingerprint density at radius 3 is 2.12 bits per heavy atom. The normalized spacial score (nSPS) is 21.6. The zero-order valence-electron chi connectivity index (χ0n) is 26.0. The van der Waals surface area contributed by atoms with Crippen molar-refractivity contribution in [1.82, 2.24) is 0 Å². The summed E-state index contributed by atoms with van der Waals surface area (Å²) in [6, 6.07) is 20.4. The van der Waals surface area contributed by atoms with E-state index in [0.29, 0.717) is 33.0 Å². The molecule has 0 spiro atoms. The first-order chi connectivity index (χ1) is 19.5. The van der Waals surface area contributed by atoms with E-state index in [2.05, 4.69) is 82.4 Å². The highest BCUT2D eigenvalue weighted by atomic mass is 28.4. The first kappa shape index (κ1) is 33.4. The Hall–Kier alpha value is -2.06. The van der Waals surface area contributed by atoms with Gasteiger partial charge in [-0.25, -0.2) is 0 Å². The number of aliphatic hydroxyl groups is 1. The molecule has 0 aliphatic heterocycles. The molecule has 2 aromatic carbocycles. The van der Waals surface area contributed by atoms with E-state index in [0.717, 1.165) is 18.4 Å². The van der Waals surface area contributed by atoms with Crippen molar-refractivity contribution in [1.29, 1.82) is 0 Å². The van der Waals surface area contributed by atoms with Gasteiger partial charge in [-0.05, 0) is 60.9 Å². The van der Waals surface area contributed by atoms with Gasteiger partial charge in [0.25, 0.3) is 0 Å². The second-order valence-electron chi connectivity index (χ2n) is 12.8. The van der Waals surface area contributed by atoms with Crippen molar-refractivity contribution in [2.45, 2.75) is 90.2 Å². The van der Waals surface area contributed by atoms with E-state index in [-0.39, 0.29) is 35.2 Å². The average molecular weight is 581 g/mol. The van der Waals surface area contributed by atoms with Crippen molar-refractivity contribution in [3.05, 3.63) is 96.1 Å². The van der Waals surface area contributed by atoms with Crippen molar-refractivity contribution in [2.24, 2.45) is 11.8 Å². The summed E-state index contributed by atoms with van der Waals surface area (Å²) < 4.78 is 24.7. The quantitative estimate of drug-likeness (QED) is 0.125. The fourth-order valence-electron chi connectivity index (χ4n) is 4.86. The third kappa shape index (κ3) is 11.6. The van der Waals surface area contributed by atoms with Crippen LogP contribution in [0.1, 0.15) is 51.7 Å². The fraction of sp³-hybridized carbons (Fsp3) is 0.543. The van der Waals surface area contributed by atoms with Crippen LogP contribution in [-0.4, -0.2) is 51.6 Å². The predicted octanol–water partition coefficient (Wildman–Crippen LogP) is 7.72. The maximum absolute atomic E-state index is 10.7. The molecule has 0 bridgehead atoms. The monoisotopic (exact) mass is 580 g/mol.